The topological polar surface area (TPSA) is 82.1 Å². The number of carbonyl (C=O) groups is 1. The van der Waals surface area contributed by atoms with Gasteiger partial charge in [-0.3, -0.25) is 14.5 Å². The Morgan fingerprint density at radius 1 is 1.00 bits per heavy atom. The molecule has 0 radical (unpaired) electrons. The van der Waals surface area contributed by atoms with Crippen molar-refractivity contribution in [3.8, 4) is 0 Å². The molecule has 0 aromatic heterocycles. The third-order valence-corrected chi connectivity index (χ3v) is 7.88. The van der Waals surface area contributed by atoms with Crippen molar-refractivity contribution in [2.24, 2.45) is 4.99 Å². The van der Waals surface area contributed by atoms with Crippen LogP contribution in [-0.4, -0.2) is 51.7 Å². The van der Waals surface area contributed by atoms with Crippen LogP contribution in [0.4, 0.5) is 5.69 Å². The number of benzene rings is 2. The lowest BCUT2D eigenvalue weighted by molar-refractivity contribution is -0.130. The van der Waals surface area contributed by atoms with Crippen molar-refractivity contribution in [2.75, 3.05) is 31.6 Å². The van der Waals surface area contributed by atoms with Gasteiger partial charge in [-0.2, -0.15) is 0 Å². The lowest BCUT2D eigenvalue weighted by Gasteiger charge is -2.29. The predicted octanol–water partition coefficient (Wildman–Crippen LogP) is 3.93. The number of nitrogens with one attached hydrogen (secondary N) is 1. The van der Waals surface area contributed by atoms with Gasteiger partial charge in [0.05, 0.1) is 4.90 Å². The molecule has 4 rings (SSSR count). The summed E-state index contributed by atoms with van der Waals surface area (Å²) in [5, 5.41) is 0. The molecular weight excluding hydrogens is 448 g/mol. The Hall–Kier alpha value is -2.87. The summed E-state index contributed by atoms with van der Waals surface area (Å²) in [5.74, 6) is 0.557. The molecular formula is C26H34N4O3S. The number of hydrogen-bond acceptors (Lipinski definition) is 5. The zero-order valence-corrected chi connectivity index (χ0v) is 20.7. The maximum Gasteiger partial charge on any atom is 0.263 e. The van der Waals surface area contributed by atoms with Crippen LogP contribution in [0.15, 0.2) is 58.4 Å². The summed E-state index contributed by atoms with van der Waals surface area (Å²) in [6, 6.07) is 15.5. The van der Waals surface area contributed by atoms with Crippen LogP contribution in [0.3, 0.4) is 0 Å². The largest absolute Gasteiger partial charge is 0.372 e. The Morgan fingerprint density at radius 3 is 2.50 bits per heavy atom. The molecule has 2 aromatic rings. The molecule has 2 aromatic carbocycles. The predicted molar refractivity (Wildman–Crippen MR) is 136 cm³/mol. The standard InChI is InChI=1S/C26H34N4O3S/c1-29(20-21-13-15-22(16-14-21)30-18-8-3-9-19-30)25(31)12-4-2-7-17-27-26-23-10-5-6-11-24(23)34(32,33)28-26/h5-6,10-11,13-16H,2-4,7-9,12,17-20H2,1H3,(H,27,28). The minimum atomic E-state index is -3.49. The number of rotatable bonds is 9. The molecule has 182 valence electrons. The summed E-state index contributed by atoms with van der Waals surface area (Å²) in [4.78, 5) is 21.5. The third-order valence-electron chi connectivity index (χ3n) is 6.48. The molecule has 1 fully saturated rings. The van der Waals surface area contributed by atoms with E-state index in [9.17, 15) is 13.2 Å². The maximum absolute atomic E-state index is 12.5. The van der Waals surface area contributed by atoms with Gasteiger partial charge in [0.25, 0.3) is 10.0 Å². The third kappa shape index (κ3) is 5.97. The van der Waals surface area contributed by atoms with Gasteiger partial charge in [0.1, 0.15) is 5.84 Å². The van der Waals surface area contributed by atoms with E-state index in [-0.39, 0.29) is 10.8 Å². The van der Waals surface area contributed by atoms with Crippen LogP contribution in [0, 0.1) is 0 Å². The van der Waals surface area contributed by atoms with E-state index in [0.717, 1.165) is 37.9 Å². The second-order valence-corrected chi connectivity index (χ2v) is 10.8. The highest BCUT2D eigenvalue weighted by Gasteiger charge is 2.29. The summed E-state index contributed by atoms with van der Waals surface area (Å²) in [6.45, 7) is 3.41. The first kappa shape index (κ1) is 24.3. The molecule has 0 bridgehead atoms. The van der Waals surface area contributed by atoms with E-state index in [0.29, 0.717) is 30.9 Å². The van der Waals surface area contributed by atoms with Crippen LogP contribution in [0.25, 0.3) is 0 Å². The lowest BCUT2D eigenvalue weighted by Crippen LogP contribution is -2.29. The van der Waals surface area contributed by atoms with Gasteiger partial charge in [0.2, 0.25) is 5.91 Å². The summed E-state index contributed by atoms with van der Waals surface area (Å²) < 4.78 is 26.8. The van der Waals surface area contributed by atoms with Gasteiger partial charge < -0.3 is 9.80 Å². The minimum Gasteiger partial charge on any atom is -0.372 e. The highest BCUT2D eigenvalue weighted by molar-refractivity contribution is 7.90. The molecule has 8 heteroatoms. The molecule has 1 saturated heterocycles. The fraction of sp³-hybridized carbons (Fsp3) is 0.462. The van der Waals surface area contributed by atoms with Crippen LogP contribution >= 0.6 is 0 Å². The van der Waals surface area contributed by atoms with Crippen molar-refractivity contribution in [1.29, 1.82) is 0 Å². The van der Waals surface area contributed by atoms with Gasteiger partial charge in [-0.25, -0.2) is 8.42 Å². The van der Waals surface area contributed by atoms with E-state index in [4.69, 9.17) is 0 Å². The number of nitrogens with zero attached hydrogens (tertiary/aromatic N) is 3. The minimum absolute atomic E-state index is 0.143. The maximum atomic E-state index is 12.5. The molecule has 0 saturated carbocycles. The number of aliphatic imine (C=N–C) groups is 1. The van der Waals surface area contributed by atoms with Crippen LogP contribution in [-0.2, 0) is 21.4 Å². The summed E-state index contributed by atoms with van der Waals surface area (Å²) >= 11 is 0. The zero-order chi connectivity index (χ0) is 24.0. The number of anilines is 1. The number of hydrogen-bond donors (Lipinski definition) is 1. The number of unbranched alkanes of at least 4 members (excludes halogenated alkanes) is 2. The van der Waals surface area contributed by atoms with Gasteiger partial charge in [-0.05, 0) is 61.9 Å². The molecule has 2 heterocycles. The average molecular weight is 483 g/mol. The van der Waals surface area contributed by atoms with E-state index in [2.05, 4.69) is 38.9 Å². The van der Waals surface area contributed by atoms with E-state index in [1.165, 1.54) is 24.9 Å². The molecule has 34 heavy (non-hydrogen) atoms. The van der Waals surface area contributed by atoms with E-state index >= 15 is 0 Å². The first-order valence-electron chi connectivity index (χ1n) is 12.2. The van der Waals surface area contributed by atoms with Crippen molar-refractivity contribution < 1.29 is 13.2 Å². The molecule has 0 spiro atoms. The fourth-order valence-corrected chi connectivity index (χ4v) is 5.78. The zero-order valence-electron chi connectivity index (χ0n) is 19.9. The number of amides is 1. The van der Waals surface area contributed by atoms with Gasteiger partial charge in [-0.15, -0.1) is 0 Å². The van der Waals surface area contributed by atoms with Gasteiger partial charge >= 0.3 is 0 Å². The highest BCUT2D eigenvalue weighted by Crippen LogP contribution is 2.23. The number of amidine groups is 1. The second kappa shape index (κ2) is 11.0. The molecule has 2 aliphatic heterocycles. The highest BCUT2D eigenvalue weighted by atomic mass is 32.2. The molecule has 2 aliphatic rings. The Labute approximate surface area is 202 Å². The van der Waals surface area contributed by atoms with E-state index < -0.39 is 10.0 Å². The number of fused-ring (bicyclic) bond motifs is 1. The van der Waals surface area contributed by atoms with Crippen molar-refractivity contribution >= 4 is 27.5 Å². The molecule has 1 amide bonds. The molecule has 0 unspecified atom stereocenters. The monoisotopic (exact) mass is 482 g/mol. The first-order chi connectivity index (χ1) is 16.4. The van der Waals surface area contributed by atoms with Crippen molar-refractivity contribution in [3.63, 3.8) is 0 Å². The van der Waals surface area contributed by atoms with Crippen molar-refractivity contribution in [1.82, 2.24) is 9.62 Å². The summed E-state index contributed by atoms with van der Waals surface area (Å²) in [7, 11) is -1.63. The lowest BCUT2D eigenvalue weighted by atomic mass is 10.1. The SMILES string of the molecule is CN(Cc1ccc(N2CCCCC2)cc1)C(=O)CCCCCN=C1NS(=O)(=O)c2ccccc21. The van der Waals surface area contributed by atoms with Gasteiger partial charge in [0.15, 0.2) is 0 Å². The van der Waals surface area contributed by atoms with Crippen molar-refractivity contribution in [3.05, 3.63) is 59.7 Å². The van der Waals surface area contributed by atoms with Crippen LogP contribution in [0.2, 0.25) is 0 Å². The first-order valence-corrected chi connectivity index (χ1v) is 13.7. The normalized spacial score (nSPS) is 17.9. The van der Waals surface area contributed by atoms with E-state index in [1.807, 2.05) is 13.1 Å². The average Bonchev–Trinajstić information content (AvgIpc) is 3.12. The van der Waals surface area contributed by atoms with E-state index in [1.54, 1.807) is 23.1 Å². The summed E-state index contributed by atoms with van der Waals surface area (Å²) in [6.07, 6.45) is 6.83. The van der Waals surface area contributed by atoms with Crippen LogP contribution < -0.4 is 9.62 Å². The number of carbonyl (C=O) groups excluding carboxylic acids is 1. The molecule has 0 aliphatic carbocycles. The number of piperidine rings is 1. The molecule has 1 N–H and O–H groups in total. The van der Waals surface area contributed by atoms with Gasteiger partial charge in [-0.1, -0.05) is 30.7 Å². The Balaban J connectivity index is 1.16. The fourth-order valence-electron chi connectivity index (χ4n) is 4.52. The Bertz CT molecular complexity index is 1120. The quantitative estimate of drug-likeness (QED) is 0.549. The Morgan fingerprint density at radius 2 is 1.74 bits per heavy atom. The summed E-state index contributed by atoms with van der Waals surface area (Å²) in [5.41, 5.74) is 3.05. The Kier molecular flexibility index (Phi) is 7.88. The number of sulfonamides is 1. The van der Waals surface area contributed by atoms with Crippen molar-refractivity contribution in [2.45, 2.75) is 56.4 Å². The van der Waals surface area contributed by atoms with Crippen LogP contribution in [0.5, 0.6) is 0 Å². The van der Waals surface area contributed by atoms with Crippen LogP contribution in [0.1, 0.15) is 56.1 Å². The molecule has 0 atom stereocenters. The van der Waals surface area contributed by atoms with Gasteiger partial charge in [0, 0.05) is 50.9 Å². The molecule has 7 nitrogen and oxygen atoms in total. The second-order valence-electron chi connectivity index (χ2n) is 9.11. The smallest absolute Gasteiger partial charge is 0.263 e.